The summed E-state index contributed by atoms with van der Waals surface area (Å²) in [5.74, 6) is 0.588. The highest BCUT2D eigenvalue weighted by molar-refractivity contribution is 5.99. The van der Waals surface area contributed by atoms with Crippen molar-refractivity contribution in [1.82, 2.24) is 9.78 Å². The van der Waals surface area contributed by atoms with Gasteiger partial charge in [0.1, 0.15) is 5.69 Å². The fraction of sp³-hybridized carbons (Fsp3) is 0.692. The summed E-state index contributed by atoms with van der Waals surface area (Å²) in [6, 6.07) is 0. The number of carbonyl (C=O) groups is 1. The molecule has 0 saturated carbocycles. The Morgan fingerprint density at radius 1 is 1.61 bits per heavy atom. The van der Waals surface area contributed by atoms with Gasteiger partial charge in [-0.25, -0.2) is 0 Å². The number of hydrogen-bond donors (Lipinski definition) is 0. The minimum Gasteiger partial charge on any atom is -0.493 e. The number of carbonyl (C=O) groups excluding carboxylic acids is 1. The molecule has 2 rings (SSSR count). The molecule has 2 heterocycles. The van der Waals surface area contributed by atoms with Crippen LogP contribution in [0.1, 0.15) is 37.2 Å². The SMILES string of the molecule is CCC1OCCC1C(=O)c1c(OC)cnn1CC. The van der Waals surface area contributed by atoms with Gasteiger partial charge in [0, 0.05) is 13.2 Å². The average Bonchev–Trinajstić information content (AvgIpc) is 3.03. The normalized spacial score (nSPS) is 23.3. The number of methoxy groups -OCH3 is 1. The maximum Gasteiger partial charge on any atom is 0.190 e. The second kappa shape index (κ2) is 5.52. The Hall–Kier alpha value is -1.36. The predicted octanol–water partition coefficient (Wildman–Crippen LogP) is 1.91. The maximum absolute atomic E-state index is 12.6. The Kier molecular flexibility index (Phi) is 4.01. The lowest BCUT2D eigenvalue weighted by Crippen LogP contribution is -2.26. The highest BCUT2D eigenvalue weighted by Crippen LogP contribution is 2.30. The van der Waals surface area contributed by atoms with E-state index in [0.29, 0.717) is 24.6 Å². The van der Waals surface area contributed by atoms with E-state index in [-0.39, 0.29) is 17.8 Å². The van der Waals surface area contributed by atoms with Crippen LogP contribution in [0.3, 0.4) is 0 Å². The molecule has 0 N–H and O–H groups in total. The zero-order valence-electron chi connectivity index (χ0n) is 11.2. The predicted molar refractivity (Wildman–Crippen MR) is 66.9 cm³/mol. The minimum absolute atomic E-state index is 0.0300. The molecule has 1 aromatic rings. The summed E-state index contributed by atoms with van der Waals surface area (Å²) in [7, 11) is 1.57. The van der Waals surface area contributed by atoms with Crippen molar-refractivity contribution in [3.8, 4) is 5.75 Å². The highest BCUT2D eigenvalue weighted by Gasteiger charge is 2.36. The first-order valence-corrected chi connectivity index (χ1v) is 6.48. The van der Waals surface area contributed by atoms with E-state index >= 15 is 0 Å². The van der Waals surface area contributed by atoms with Gasteiger partial charge in [-0.1, -0.05) is 6.92 Å². The number of ketones is 1. The van der Waals surface area contributed by atoms with Crippen molar-refractivity contribution in [2.75, 3.05) is 13.7 Å². The van der Waals surface area contributed by atoms with Crippen molar-refractivity contribution in [2.45, 2.75) is 39.3 Å². The first kappa shape index (κ1) is 13.1. The Morgan fingerprint density at radius 2 is 2.39 bits per heavy atom. The van der Waals surface area contributed by atoms with Crippen molar-refractivity contribution in [3.63, 3.8) is 0 Å². The number of aryl methyl sites for hydroxylation is 1. The van der Waals surface area contributed by atoms with E-state index in [2.05, 4.69) is 5.10 Å². The van der Waals surface area contributed by atoms with E-state index in [1.54, 1.807) is 18.0 Å². The third-order valence-electron chi connectivity index (χ3n) is 3.51. The summed E-state index contributed by atoms with van der Waals surface area (Å²) in [4.78, 5) is 12.6. The first-order chi connectivity index (χ1) is 8.72. The van der Waals surface area contributed by atoms with E-state index in [9.17, 15) is 4.79 Å². The first-order valence-electron chi connectivity index (χ1n) is 6.48. The fourth-order valence-corrected chi connectivity index (χ4v) is 2.53. The van der Waals surface area contributed by atoms with Crippen LogP contribution in [0.25, 0.3) is 0 Å². The molecule has 1 saturated heterocycles. The second-order valence-corrected chi connectivity index (χ2v) is 4.45. The lowest BCUT2D eigenvalue weighted by atomic mass is 9.92. The molecule has 18 heavy (non-hydrogen) atoms. The molecule has 2 unspecified atom stereocenters. The highest BCUT2D eigenvalue weighted by atomic mass is 16.5. The quantitative estimate of drug-likeness (QED) is 0.751. The van der Waals surface area contributed by atoms with E-state index in [1.807, 2.05) is 13.8 Å². The maximum atomic E-state index is 12.6. The lowest BCUT2D eigenvalue weighted by molar-refractivity contribution is 0.0679. The molecule has 1 aliphatic rings. The van der Waals surface area contributed by atoms with Crippen LogP contribution in [0.2, 0.25) is 0 Å². The number of nitrogens with zero attached hydrogens (tertiary/aromatic N) is 2. The largest absolute Gasteiger partial charge is 0.493 e. The smallest absolute Gasteiger partial charge is 0.190 e. The van der Waals surface area contributed by atoms with E-state index in [0.717, 1.165) is 12.8 Å². The van der Waals surface area contributed by atoms with Crippen molar-refractivity contribution < 1.29 is 14.3 Å². The summed E-state index contributed by atoms with van der Waals surface area (Å²) in [5, 5.41) is 4.18. The third kappa shape index (κ3) is 2.14. The van der Waals surface area contributed by atoms with Crippen LogP contribution in [0, 0.1) is 5.92 Å². The topological polar surface area (TPSA) is 53.4 Å². The van der Waals surface area contributed by atoms with Gasteiger partial charge < -0.3 is 9.47 Å². The van der Waals surface area contributed by atoms with Crippen LogP contribution < -0.4 is 4.74 Å². The number of Topliss-reactive ketones (excluding diaryl/α,β-unsaturated/α-hetero) is 1. The third-order valence-corrected chi connectivity index (χ3v) is 3.51. The molecule has 1 aromatic heterocycles. The number of aromatic nitrogens is 2. The van der Waals surface area contributed by atoms with Crippen molar-refractivity contribution >= 4 is 5.78 Å². The van der Waals surface area contributed by atoms with Gasteiger partial charge in [0.05, 0.1) is 25.3 Å². The van der Waals surface area contributed by atoms with Crippen molar-refractivity contribution in [2.24, 2.45) is 5.92 Å². The molecule has 5 heteroatoms. The van der Waals surface area contributed by atoms with Gasteiger partial charge in [-0.05, 0) is 19.8 Å². The van der Waals surface area contributed by atoms with Gasteiger partial charge in [0.2, 0.25) is 0 Å². The van der Waals surface area contributed by atoms with E-state index in [1.165, 1.54) is 0 Å². The second-order valence-electron chi connectivity index (χ2n) is 4.45. The van der Waals surface area contributed by atoms with E-state index in [4.69, 9.17) is 9.47 Å². The summed E-state index contributed by atoms with van der Waals surface area (Å²) >= 11 is 0. The summed E-state index contributed by atoms with van der Waals surface area (Å²) in [6.45, 7) is 5.34. The summed E-state index contributed by atoms with van der Waals surface area (Å²) in [6.07, 6.45) is 3.28. The van der Waals surface area contributed by atoms with Crippen LogP contribution in [-0.2, 0) is 11.3 Å². The van der Waals surface area contributed by atoms with Crippen molar-refractivity contribution in [3.05, 3.63) is 11.9 Å². The monoisotopic (exact) mass is 252 g/mol. The molecule has 0 radical (unpaired) electrons. The molecule has 0 amide bonds. The Bertz CT molecular complexity index is 406. The fourth-order valence-electron chi connectivity index (χ4n) is 2.53. The van der Waals surface area contributed by atoms with Gasteiger partial charge in [0.15, 0.2) is 11.5 Å². The van der Waals surface area contributed by atoms with Crippen LogP contribution in [0.4, 0.5) is 0 Å². The Morgan fingerprint density at radius 3 is 3.00 bits per heavy atom. The molecule has 100 valence electrons. The molecule has 1 aliphatic heterocycles. The average molecular weight is 252 g/mol. The standard InChI is InChI=1S/C13H20N2O3/c1-4-10-9(6-7-18-10)13(16)12-11(17-3)8-14-15(12)5-2/h8-10H,4-7H2,1-3H3. The zero-order valence-corrected chi connectivity index (χ0v) is 11.2. The minimum atomic E-state index is -0.0640. The van der Waals surface area contributed by atoms with Crippen LogP contribution in [-0.4, -0.2) is 35.4 Å². The molecule has 0 aliphatic carbocycles. The number of ether oxygens (including phenoxy) is 2. The summed E-state index contributed by atoms with van der Waals surface area (Å²) in [5.41, 5.74) is 0.578. The van der Waals surface area contributed by atoms with Gasteiger partial charge in [-0.3, -0.25) is 9.48 Å². The number of rotatable bonds is 5. The van der Waals surface area contributed by atoms with Gasteiger partial charge in [-0.2, -0.15) is 5.10 Å². The zero-order chi connectivity index (χ0) is 13.1. The molecule has 0 spiro atoms. The molecule has 1 fully saturated rings. The molecular weight excluding hydrogens is 232 g/mol. The van der Waals surface area contributed by atoms with Gasteiger partial charge >= 0.3 is 0 Å². The molecule has 0 bridgehead atoms. The van der Waals surface area contributed by atoms with Crippen LogP contribution >= 0.6 is 0 Å². The Labute approximate surface area is 107 Å². The summed E-state index contributed by atoms with van der Waals surface area (Å²) < 4.78 is 12.5. The molecular formula is C13H20N2O3. The van der Waals surface area contributed by atoms with Crippen LogP contribution in [0.15, 0.2) is 6.20 Å². The molecule has 0 aromatic carbocycles. The Balaban J connectivity index is 2.30. The van der Waals surface area contributed by atoms with Gasteiger partial charge in [-0.15, -0.1) is 0 Å². The van der Waals surface area contributed by atoms with E-state index < -0.39 is 0 Å². The van der Waals surface area contributed by atoms with Crippen LogP contribution in [0.5, 0.6) is 5.75 Å². The molecule has 5 nitrogen and oxygen atoms in total. The van der Waals surface area contributed by atoms with Gasteiger partial charge in [0.25, 0.3) is 0 Å². The number of hydrogen-bond acceptors (Lipinski definition) is 4. The lowest BCUT2D eigenvalue weighted by Gasteiger charge is -2.16. The van der Waals surface area contributed by atoms with Crippen molar-refractivity contribution in [1.29, 1.82) is 0 Å². The molecule has 2 atom stereocenters.